The maximum atomic E-state index is 13.0. The van der Waals surface area contributed by atoms with Crippen LogP contribution in [0.2, 0.25) is 0 Å². The molecule has 3 aliphatic rings. The van der Waals surface area contributed by atoms with E-state index < -0.39 is 6.29 Å². The molecule has 10 nitrogen and oxygen atoms in total. The molecule has 5 aromatic rings. The Labute approximate surface area is 296 Å². The summed E-state index contributed by atoms with van der Waals surface area (Å²) in [6.45, 7) is 4.47. The molecule has 3 aliphatic heterocycles. The molecule has 0 aliphatic carbocycles. The normalized spacial score (nSPS) is 20.8. The van der Waals surface area contributed by atoms with E-state index in [4.69, 9.17) is 9.47 Å². The van der Waals surface area contributed by atoms with Gasteiger partial charge in [-0.3, -0.25) is 19.4 Å². The fraction of sp³-hybridized carbons (Fsp3) is 0.268. The molecular formula is C41H39N5O5. The van der Waals surface area contributed by atoms with Crippen LogP contribution in [-0.2, 0) is 22.6 Å². The number of ether oxygens (including phenoxy) is 2. The van der Waals surface area contributed by atoms with Crippen molar-refractivity contribution in [3.8, 4) is 11.1 Å². The van der Waals surface area contributed by atoms with Crippen LogP contribution in [0.1, 0.15) is 61.8 Å². The third kappa shape index (κ3) is 7.04. The summed E-state index contributed by atoms with van der Waals surface area (Å²) in [4.78, 5) is 40.7. The van der Waals surface area contributed by atoms with E-state index in [1.807, 2.05) is 66.7 Å². The van der Waals surface area contributed by atoms with Crippen LogP contribution < -0.4 is 4.90 Å². The van der Waals surface area contributed by atoms with E-state index in [0.29, 0.717) is 11.1 Å². The Morgan fingerprint density at radius 2 is 1.37 bits per heavy atom. The molecular weight excluding hydrogens is 642 g/mol. The zero-order valence-corrected chi connectivity index (χ0v) is 28.2. The Bertz CT molecular complexity index is 1960. The third-order valence-electron chi connectivity index (χ3n) is 9.95. The fourth-order valence-corrected chi connectivity index (χ4v) is 7.15. The van der Waals surface area contributed by atoms with Gasteiger partial charge in [-0.05, 0) is 52.1 Å². The number of hydrogen-bond acceptors (Lipinski definition) is 9. The number of anilines is 1. The molecule has 0 spiro atoms. The summed E-state index contributed by atoms with van der Waals surface area (Å²) in [6, 6.07) is 32.9. The van der Waals surface area contributed by atoms with Crippen LogP contribution in [0, 0.1) is 0 Å². The molecule has 0 saturated carbocycles. The smallest absolute Gasteiger partial charge is 0.261 e. The lowest BCUT2D eigenvalue weighted by atomic mass is 9.98. The average Bonchev–Trinajstić information content (AvgIpc) is 3.43. The lowest BCUT2D eigenvalue weighted by molar-refractivity contribution is -0.253. The number of piperazine rings is 1. The van der Waals surface area contributed by atoms with Crippen LogP contribution in [0.15, 0.2) is 116 Å². The molecule has 4 heterocycles. The van der Waals surface area contributed by atoms with E-state index in [-0.39, 0.29) is 37.2 Å². The number of fused-ring (bicyclic) bond motifs is 1. The molecule has 3 atom stereocenters. The topological polar surface area (TPSA) is 108 Å². The number of rotatable bonds is 9. The highest BCUT2D eigenvalue weighted by Crippen LogP contribution is 2.39. The standard InChI is InChI=1S/C41H39N5O5/c47-27-28-9-11-31(12-10-28)37-24-34(26-44-19-21-45(22-20-44)41-42-17-4-18-43-41)50-40(51-37)32-15-13-30(14-16-32)33-6-3-5-29(23-33)25-46-38(48)35-7-1-2-8-36(35)39(46)49/h1-18,23,34,37,40,47H,19-22,24-27H2/t34-,37+,40+/m0/s1. The minimum absolute atomic E-state index is 0.00180. The van der Waals surface area contributed by atoms with E-state index in [1.165, 1.54) is 4.90 Å². The first-order valence-corrected chi connectivity index (χ1v) is 17.4. The number of benzene rings is 4. The molecule has 2 fully saturated rings. The number of aliphatic hydroxyl groups is 1. The Morgan fingerprint density at radius 3 is 2.06 bits per heavy atom. The van der Waals surface area contributed by atoms with Crippen molar-refractivity contribution in [2.75, 3.05) is 37.6 Å². The van der Waals surface area contributed by atoms with Crippen molar-refractivity contribution < 1.29 is 24.2 Å². The van der Waals surface area contributed by atoms with Crippen molar-refractivity contribution in [2.24, 2.45) is 0 Å². The van der Waals surface area contributed by atoms with E-state index in [9.17, 15) is 14.7 Å². The van der Waals surface area contributed by atoms with Gasteiger partial charge >= 0.3 is 0 Å². The molecule has 1 aromatic heterocycles. The highest BCUT2D eigenvalue weighted by molar-refractivity contribution is 6.21. The summed E-state index contributed by atoms with van der Waals surface area (Å²) in [5.41, 5.74) is 6.62. The molecule has 10 heteroatoms. The minimum Gasteiger partial charge on any atom is -0.392 e. The van der Waals surface area contributed by atoms with Crippen LogP contribution in [0.5, 0.6) is 0 Å². The predicted molar refractivity (Wildman–Crippen MR) is 192 cm³/mol. The number of aliphatic hydroxyl groups excluding tert-OH is 1. The Balaban J connectivity index is 0.968. The maximum Gasteiger partial charge on any atom is 0.261 e. The van der Waals surface area contributed by atoms with Gasteiger partial charge < -0.3 is 19.5 Å². The molecule has 8 rings (SSSR count). The Kier molecular flexibility index (Phi) is 9.38. The molecule has 4 aromatic carbocycles. The van der Waals surface area contributed by atoms with Crippen molar-refractivity contribution in [3.63, 3.8) is 0 Å². The highest BCUT2D eigenvalue weighted by atomic mass is 16.7. The Morgan fingerprint density at radius 1 is 0.686 bits per heavy atom. The van der Waals surface area contributed by atoms with Gasteiger partial charge in [0.2, 0.25) is 5.95 Å². The molecule has 2 amide bonds. The molecule has 0 bridgehead atoms. The molecule has 0 radical (unpaired) electrons. The number of nitrogens with zero attached hydrogens (tertiary/aromatic N) is 5. The van der Waals surface area contributed by atoms with Crippen molar-refractivity contribution in [2.45, 2.75) is 38.1 Å². The van der Waals surface area contributed by atoms with Gasteiger partial charge in [0.1, 0.15) is 0 Å². The van der Waals surface area contributed by atoms with E-state index in [2.05, 4.69) is 31.9 Å². The van der Waals surface area contributed by atoms with Crippen LogP contribution in [0.25, 0.3) is 11.1 Å². The monoisotopic (exact) mass is 681 g/mol. The van der Waals surface area contributed by atoms with Crippen LogP contribution >= 0.6 is 0 Å². The molecule has 2 saturated heterocycles. The zero-order valence-electron chi connectivity index (χ0n) is 28.2. The molecule has 0 unspecified atom stereocenters. The fourth-order valence-electron chi connectivity index (χ4n) is 7.15. The van der Waals surface area contributed by atoms with Gasteiger partial charge in [-0.25, -0.2) is 9.97 Å². The summed E-state index contributed by atoms with van der Waals surface area (Å²) in [5.74, 6) is 0.245. The van der Waals surface area contributed by atoms with Gasteiger partial charge in [0.15, 0.2) is 6.29 Å². The SMILES string of the molecule is O=C1c2ccccc2C(=O)N1Cc1cccc(-c2ccc([C@@H]3O[C@H](CN4CCN(c5ncccn5)CC4)C[C@H](c4ccc(CO)cc4)O3)cc2)c1. The summed E-state index contributed by atoms with van der Waals surface area (Å²) < 4.78 is 13.3. The number of aromatic nitrogens is 2. The van der Waals surface area contributed by atoms with Crippen LogP contribution in [0.4, 0.5) is 5.95 Å². The van der Waals surface area contributed by atoms with E-state index in [1.54, 1.807) is 36.7 Å². The van der Waals surface area contributed by atoms with Crippen molar-refractivity contribution in [3.05, 3.63) is 149 Å². The number of imide groups is 1. The zero-order chi connectivity index (χ0) is 34.7. The number of hydrogen-bond donors (Lipinski definition) is 1. The lowest BCUT2D eigenvalue weighted by Crippen LogP contribution is -2.50. The largest absolute Gasteiger partial charge is 0.392 e. The van der Waals surface area contributed by atoms with Gasteiger partial charge in [0.05, 0.1) is 36.5 Å². The first kappa shape index (κ1) is 32.9. The quantitative estimate of drug-likeness (QED) is 0.193. The summed E-state index contributed by atoms with van der Waals surface area (Å²) in [5, 5.41) is 9.59. The first-order chi connectivity index (χ1) is 25.0. The second kappa shape index (κ2) is 14.5. The summed E-state index contributed by atoms with van der Waals surface area (Å²) >= 11 is 0. The van der Waals surface area contributed by atoms with Crippen LogP contribution in [0.3, 0.4) is 0 Å². The van der Waals surface area contributed by atoms with Gasteiger partial charge in [0.25, 0.3) is 11.8 Å². The van der Waals surface area contributed by atoms with Gasteiger partial charge in [0, 0.05) is 57.1 Å². The van der Waals surface area contributed by atoms with Crippen molar-refractivity contribution >= 4 is 17.8 Å². The van der Waals surface area contributed by atoms with Gasteiger partial charge in [-0.15, -0.1) is 0 Å². The summed E-state index contributed by atoms with van der Waals surface area (Å²) in [6.07, 6.45) is 3.50. The lowest BCUT2D eigenvalue weighted by Gasteiger charge is -2.40. The Hall–Kier alpha value is -5.26. The third-order valence-corrected chi connectivity index (χ3v) is 9.95. The van der Waals surface area contributed by atoms with E-state index in [0.717, 1.165) is 78.5 Å². The highest BCUT2D eigenvalue weighted by Gasteiger charge is 2.36. The first-order valence-electron chi connectivity index (χ1n) is 17.4. The second-order valence-electron chi connectivity index (χ2n) is 13.3. The van der Waals surface area contributed by atoms with Gasteiger partial charge in [-0.2, -0.15) is 0 Å². The summed E-state index contributed by atoms with van der Waals surface area (Å²) in [7, 11) is 0. The number of carbonyl (C=O) groups excluding carboxylic acids is 2. The number of amides is 2. The van der Waals surface area contributed by atoms with E-state index >= 15 is 0 Å². The maximum absolute atomic E-state index is 13.0. The second-order valence-corrected chi connectivity index (χ2v) is 13.3. The molecule has 1 N–H and O–H groups in total. The molecule has 51 heavy (non-hydrogen) atoms. The average molecular weight is 682 g/mol. The number of carbonyl (C=O) groups is 2. The van der Waals surface area contributed by atoms with Crippen molar-refractivity contribution in [1.82, 2.24) is 19.8 Å². The van der Waals surface area contributed by atoms with Crippen LogP contribution in [-0.4, -0.2) is 75.5 Å². The van der Waals surface area contributed by atoms with Gasteiger partial charge in [-0.1, -0.05) is 78.9 Å². The predicted octanol–water partition coefficient (Wildman–Crippen LogP) is 5.80. The van der Waals surface area contributed by atoms with Crippen molar-refractivity contribution in [1.29, 1.82) is 0 Å². The minimum atomic E-state index is -0.556. The molecule has 258 valence electrons.